The number of nitrogens with zero attached hydrogens (tertiary/aromatic N) is 1. The van der Waals surface area contributed by atoms with Crippen molar-refractivity contribution in [1.29, 1.82) is 0 Å². The average Bonchev–Trinajstić information content (AvgIpc) is 3.09. The zero-order chi connectivity index (χ0) is 21.4. The molecule has 3 aliphatic rings. The molecule has 0 radical (unpaired) electrons. The van der Waals surface area contributed by atoms with Crippen molar-refractivity contribution in [3.05, 3.63) is 70.3 Å². The first-order chi connectivity index (χ1) is 15.1. The topological polar surface area (TPSA) is 78.5 Å². The normalized spacial score (nSPS) is 22.8. The number of hydrogen-bond donors (Lipinski definition) is 2. The van der Waals surface area contributed by atoms with Crippen molar-refractivity contribution in [3.8, 4) is 0 Å². The van der Waals surface area contributed by atoms with Gasteiger partial charge >= 0.3 is 0 Å². The van der Waals surface area contributed by atoms with Crippen molar-refractivity contribution in [2.24, 2.45) is 5.92 Å². The quantitative estimate of drug-likeness (QED) is 0.732. The number of nitrogens with one attached hydrogen (secondary N) is 2. The van der Waals surface area contributed by atoms with E-state index in [1.165, 1.54) is 17.5 Å². The highest BCUT2D eigenvalue weighted by Crippen LogP contribution is 2.28. The molecule has 2 aliphatic heterocycles. The lowest BCUT2D eigenvalue weighted by atomic mass is 9.84. The van der Waals surface area contributed by atoms with E-state index < -0.39 is 6.04 Å². The first-order valence-electron chi connectivity index (χ1n) is 11.1. The van der Waals surface area contributed by atoms with Crippen LogP contribution in [0, 0.1) is 5.92 Å². The molecule has 2 heterocycles. The van der Waals surface area contributed by atoms with Crippen LogP contribution in [-0.4, -0.2) is 35.2 Å². The number of aryl methyl sites for hydroxylation is 1. The molecule has 2 aromatic rings. The van der Waals surface area contributed by atoms with Crippen molar-refractivity contribution < 1.29 is 14.4 Å². The van der Waals surface area contributed by atoms with Gasteiger partial charge in [-0.05, 0) is 66.5 Å². The predicted octanol–water partition coefficient (Wildman–Crippen LogP) is 2.34. The fourth-order valence-electron chi connectivity index (χ4n) is 5.11. The lowest BCUT2D eigenvalue weighted by molar-refractivity contribution is -0.136. The second-order valence-corrected chi connectivity index (χ2v) is 8.90. The number of hydrogen-bond acceptors (Lipinski definition) is 4. The van der Waals surface area contributed by atoms with E-state index in [1.807, 2.05) is 12.1 Å². The van der Waals surface area contributed by atoms with Gasteiger partial charge in [-0.2, -0.15) is 0 Å². The minimum absolute atomic E-state index is 0.120. The summed E-state index contributed by atoms with van der Waals surface area (Å²) in [5, 5.41) is 5.94. The number of rotatable bonds is 5. The Balaban J connectivity index is 1.18. The van der Waals surface area contributed by atoms with Gasteiger partial charge < -0.3 is 10.2 Å². The second kappa shape index (κ2) is 8.27. The highest BCUT2D eigenvalue weighted by molar-refractivity contribution is 6.05. The van der Waals surface area contributed by atoms with Crippen LogP contribution in [0.1, 0.15) is 51.9 Å². The van der Waals surface area contributed by atoms with Gasteiger partial charge in [0.15, 0.2) is 0 Å². The number of piperidine rings is 1. The van der Waals surface area contributed by atoms with Gasteiger partial charge in [-0.1, -0.05) is 36.4 Å². The minimum atomic E-state index is -0.562. The van der Waals surface area contributed by atoms with E-state index >= 15 is 0 Å². The number of fused-ring (bicyclic) bond motifs is 2. The minimum Gasteiger partial charge on any atom is -0.322 e. The molecule has 1 aliphatic carbocycles. The van der Waals surface area contributed by atoms with Crippen molar-refractivity contribution in [3.63, 3.8) is 0 Å². The largest absolute Gasteiger partial charge is 0.322 e. The molecule has 2 atom stereocenters. The van der Waals surface area contributed by atoms with E-state index in [-0.39, 0.29) is 24.1 Å². The number of benzene rings is 2. The maximum atomic E-state index is 12.8. The van der Waals surface area contributed by atoms with Gasteiger partial charge in [0, 0.05) is 25.1 Å². The Kier molecular flexibility index (Phi) is 5.32. The van der Waals surface area contributed by atoms with Crippen LogP contribution in [0.4, 0.5) is 0 Å². The fraction of sp³-hybridized carbons (Fsp3) is 0.400. The first-order valence-corrected chi connectivity index (χ1v) is 11.1. The third kappa shape index (κ3) is 4.00. The molecule has 0 spiro atoms. The van der Waals surface area contributed by atoms with E-state index in [9.17, 15) is 14.4 Å². The summed E-state index contributed by atoms with van der Waals surface area (Å²) in [5.41, 5.74) is 5.73. The van der Waals surface area contributed by atoms with E-state index in [0.717, 1.165) is 37.1 Å². The molecule has 6 nitrogen and oxygen atoms in total. The first kappa shape index (κ1) is 19.9. The second-order valence-electron chi connectivity index (χ2n) is 8.90. The van der Waals surface area contributed by atoms with Crippen LogP contribution in [0.3, 0.4) is 0 Å². The monoisotopic (exact) mass is 417 g/mol. The van der Waals surface area contributed by atoms with Crippen LogP contribution in [0.15, 0.2) is 42.5 Å². The Morgan fingerprint density at radius 3 is 2.65 bits per heavy atom. The van der Waals surface area contributed by atoms with Gasteiger partial charge in [0.25, 0.3) is 5.91 Å². The maximum Gasteiger partial charge on any atom is 0.255 e. The number of imide groups is 1. The Hall–Kier alpha value is -2.99. The zero-order valence-corrected chi connectivity index (χ0v) is 17.5. The summed E-state index contributed by atoms with van der Waals surface area (Å²) in [4.78, 5) is 38.0. The summed E-state index contributed by atoms with van der Waals surface area (Å²) < 4.78 is 0. The molecule has 0 aromatic heterocycles. The lowest BCUT2D eigenvalue weighted by Gasteiger charge is -2.29. The highest BCUT2D eigenvalue weighted by atomic mass is 16.2. The SMILES string of the molecule is O=C1CCC(N2Cc3cc(CNCC4CCc5ccccc5C4)ccc3C2=O)C(=O)N1. The molecule has 5 rings (SSSR count). The molecular weight excluding hydrogens is 390 g/mol. The van der Waals surface area contributed by atoms with E-state index in [4.69, 9.17) is 0 Å². The number of carbonyl (C=O) groups is 3. The predicted molar refractivity (Wildman–Crippen MR) is 116 cm³/mol. The molecule has 2 unspecified atom stereocenters. The van der Waals surface area contributed by atoms with Crippen LogP contribution >= 0.6 is 0 Å². The molecule has 0 bridgehead atoms. The van der Waals surface area contributed by atoms with Gasteiger partial charge in [-0.25, -0.2) is 0 Å². The summed E-state index contributed by atoms with van der Waals surface area (Å²) in [5.74, 6) is -0.104. The van der Waals surface area contributed by atoms with Gasteiger partial charge in [0.2, 0.25) is 11.8 Å². The third-order valence-electron chi connectivity index (χ3n) is 6.80. The average molecular weight is 418 g/mol. The summed E-state index contributed by atoms with van der Waals surface area (Å²) in [7, 11) is 0. The van der Waals surface area contributed by atoms with Gasteiger partial charge in [0.1, 0.15) is 6.04 Å². The summed E-state index contributed by atoms with van der Waals surface area (Å²) >= 11 is 0. The van der Waals surface area contributed by atoms with Gasteiger partial charge in [-0.3, -0.25) is 19.7 Å². The van der Waals surface area contributed by atoms with Crippen molar-refractivity contribution >= 4 is 17.7 Å². The molecule has 3 amide bonds. The summed E-state index contributed by atoms with van der Waals surface area (Å²) in [6, 6.07) is 14.1. The molecule has 2 N–H and O–H groups in total. The Morgan fingerprint density at radius 2 is 1.81 bits per heavy atom. The molecule has 2 aromatic carbocycles. The molecule has 0 saturated carbocycles. The molecule has 1 saturated heterocycles. The standard InChI is InChI=1S/C25H27N3O3/c29-23-10-9-22(24(30)27-23)28-15-20-12-17(6-8-21(20)25(28)31)14-26-13-16-5-7-18-3-1-2-4-19(18)11-16/h1-4,6,8,12,16,22,26H,5,7,9-11,13-15H2,(H,27,29,30). The van der Waals surface area contributed by atoms with Crippen LogP contribution in [0.25, 0.3) is 0 Å². The van der Waals surface area contributed by atoms with E-state index in [0.29, 0.717) is 24.4 Å². The molecule has 6 heteroatoms. The fourth-order valence-corrected chi connectivity index (χ4v) is 5.11. The molecule has 1 fully saturated rings. The van der Waals surface area contributed by atoms with Crippen LogP contribution < -0.4 is 10.6 Å². The van der Waals surface area contributed by atoms with Gasteiger partial charge in [-0.15, -0.1) is 0 Å². The lowest BCUT2D eigenvalue weighted by Crippen LogP contribution is -2.52. The molecule has 160 valence electrons. The molecule has 31 heavy (non-hydrogen) atoms. The van der Waals surface area contributed by atoms with Crippen LogP contribution in [-0.2, 0) is 35.5 Å². The number of amides is 3. The Bertz CT molecular complexity index is 1050. The molecular formula is C25H27N3O3. The Morgan fingerprint density at radius 1 is 0.968 bits per heavy atom. The van der Waals surface area contributed by atoms with Crippen molar-refractivity contribution in [2.45, 2.75) is 51.2 Å². The van der Waals surface area contributed by atoms with Crippen LogP contribution in [0.5, 0.6) is 0 Å². The van der Waals surface area contributed by atoms with Crippen molar-refractivity contribution in [2.75, 3.05) is 6.54 Å². The summed E-state index contributed by atoms with van der Waals surface area (Å²) in [6.07, 6.45) is 4.16. The summed E-state index contributed by atoms with van der Waals surface area (Å²) in [6.45, 7) is 2.17. The smallest absolute Gasteiger partial charge is 0.255 e. The van der Waals surface area contributed by atoms with E-state index in [2.05, 4.69) is 41.0 Å². The maximum absolute atomic E-state index is 12.8. The van der Waals surface area contributed by atoms with Crippen LogP contribution in [0.2, 0.25) is 0 Å². The van der Waals surface area contributed by atoms with Gasteiger partial charge in [0.05, 0.1) is 0 Å². The number of carbonyl (C=O) groups excluding carboxylic acids is 3. The third-order valence-corrected chi connectivity index (χ3v) is 6.80. The van der Waals surface area contributed by atoms with Crippen molar-refractivity contribution in [1.82, 2.24) is 15.5 Å². The highest BCUT2D eigenvalue weighted by Gasteiger charge is 2.39. The van der Waals surface area contributed by atoms with E-state index in [1.54, 1.807) is 4.90 Å². The zero-order valence-electron chi connectivity index (χ0n) is 17.5. The Labute approximate surface area is 182 Å².